The lowest BCUT2D eigenvalue weighted by atomic mass is 10.1. The van der Waals surface area contributed by atoms with Crippen LogP contribution < -0.4 is 5.73 Å². The standard InChI is InChI=1S/C14H9F3N2S/c15-14(16,17)10-1-6-13(9(7-10)8-18)20-12-4-2-11(19)3-5-12/h1-7H,19H2. The third kappa shape index (κ3) is 3.25. The Morgan fingerprint density at radius 3 is 2.25 bits per heavy atom. The minimum absolute atomic E-state index is 0.00153. The summed E-state index contributed by atoms with van der Waals surface area (Å²) < 4.78 is 37.7. The topological polar surface area (TPSA) is 49.8 Å². The Bertz CT molecular complexity index is 658. The molecule has 0 heterocycles. The molecule has 0 saturated carbocycles. The highest BCUT2D eigenvalue weighted by molar-refractivity contribution is 7.99. The zero-order chi connectivity index (χ0) is 14.8. The predicted octanol–water partition coefficient (Wildman–Crippen LogP) is 4.31. The molecule has 6 heteroatoms. The van der Waals surface area contributed by atoms with Crippen molar-refractivity contribution in [2.24, 2.45) is 0 Å². The van der Waals surface area contributed by atoms with Gasteiger partial charge in [-0.2, -0.15) is 18.4 Å². The third-order valence-electron chi connectivity index (χ3n) is 2.54. The van der Waals surface area contributed by atoms with Gasteiger partial charge in [-0.25, -0.2) is 0 Å². The van der Waals surface area contributed by atoms with Gasteiger partial charge in [0.2, 0.25) is 0 Å². The molecule has 0 unspecified atom stereocenters. The molecule has 0 amide bonds. The van der Waals surface area contributed by atoms with Crippen LogP contribution in [0.3, 0.4) is 0 Å². The van der Waals surface area contributed by atoms with E-state index in [1.54, 1.807) is 30.3 Å². The van der Waals surface area contributed by atoms with Crippen LogP contribution in [0.2, 0.25) is 0 Å². The molecule has 0 aliphatic heterocycles. The average molecular weight is 294 g/mol. The number of nitriles is 1. The van der Waals surface area contributed by atoms with Gasteiger partial charge in [0.15, 0.2) is 0 Å². The Balaban J connectivity index is 2.33. The van der Waals surface area contributed by atoms with Crippen molar-refractivity contribution in [3.8, 4) is 6.07 Å². The Morgan fingerprint density at radius 1 is 1.05 bits per heavy atom. The Hall–Kier alpha value is -2.13. The molecule has 2 N–H and O–H groups in total. The molecule has 0 fully saturated rings. The Morgan fingerprint density at radius 2 is 1.70 bits per heavy atom. The van der Waals surface area contributed by atoms with Crippen molar-refractivity contribution in [3.63, 3.8) is 0 Å². The van der Waals surface area contributed by atoms with Crippen LogP contribution in [0.15, 0.2) is 52.3 Å². The molecule has 102 valence electrons. The van der Waals surface area contributed by atoms with E-state index in [0.717, 1.165) is 17.0 Å². The molecule has 2 nitrogen and oxygen atoms in total. The molecule has 20 heavy (non-hydrogen) atoms. The zero-order valence-electron chi connectivity index (χ0n) is 10.1. The summed E-state index contributed by atoms with van der Waals surface area (Å²) >= 11 is 1.22. The molecule has 0 aliphatic rings. The van der Waals surface area contributed by atoms with E-state index in [4.69, 9.17) is 11.0 Å². The maximum absolute atomic E-state index is 12.6. The van der Waals surface area contributed by atoms with Gasteiger partial charge in [0.1, 0.15) is 6.07 Å². The molecule has 0 aromatic heterocycles. The maximum Gasteiger partial charge on any atom is 0.416 e. The molecule has 0 aliphatic carbocycles. The van der Waals surface area contributed by atoms with Gasteiger partial charge in [0.05, 0.1) is 11.1 Å². The number of nitrogens with zero attached hydrogens (tertiary/aromatic N) is 1. The first-order valence-corrected chi connectivity index (χ1v) is 6.36. The summed E-state index contributed by atoms with van der Waals surface area (Å²) in [6.45, 7) is 0. The number of hydrogen-bond acceptors (Lipinski definition) is 3. The van der Waals surface area contributed by atoms with Crippen LogP contribution in [0.25, 0.3) is 0 Å². The van der Waals surface area contributed by atoms with E-state index in [2.05, 4.69) is 0 Å². The largest absolute Gasteiger partial charge is 0.416 e. The number of hydrogen-bond donors (Lipinski definition) is 1. The first-order valence-electron chi connectivity index (χ1n) is 5.55. The highest BCUT2D eigenvalue weighted by Gasteiger charge is 2.31. The Labute approximate surface area is 118 Å². The first-order chi connectivity index (χ1) is 9.40. The minimum atomic E-state index is -4.45. The molecule has 2 aromatic rings. The summed E-state index contributed by atoms with van der Waals surface area (Å²) in [5, 5.41) is 8.98. The van der Waals surface area contributed by atoms with Crippen molar-refractivity contribution >= 4 is 17.4 Å². The van der Waals surface area contributed by atoms with Crippen molar-refractivity contribution in [2.45, 2.75) is 16.0 Å². The molecule has 0 spiro atoms. The van der Waals surface area contributed by atoms with Crippen molar-refractivity contribution in [3.05, 3.63) is 53.6 Å². The van der Waals surface area contributed by atoms with Crippen LogP contribution in [-0.4, -0.2) is 0 Å². The highest BCUT2D eigenvalue weighted by Crippen LogP contribution is 2.35. The second kappa shape index (κ2) is 5.47. The van der Waals surface area contributed by atoms with E-state index in [0.29, 0.717) is 10.6 Å². The molecule has 0 atom stereocenters. The quantitative estimate of drug-likeness (QED) is 0.840. The third-order valence-corrected chi connectivity index (χ3v) is 3.62. The predicted molar refractivity (Wildman–Crippen MR) is 71.1 cm³/mol. The number of nitrogens with two attached hydrogens (primary N) is 1. The van der Waals surface area contributed by atoms with Crippen LogP contribution in [0.1, 0.15) is 11.1 Å². The van der Waals surface area contributed by atoms with E-state index in [1.807, 2.05) is 0 Å². The van der Waals surface area contributed by atoms with Crippen molar-refractivity contribution in [1.82, 2.24) is 0 Å². The molecule has 2 aromatic carbocycles. The van der Waals surface area contributed by atoms with Crippen LogP contribution in [0, 0.1) is 11.3 Å². The molecule has 0 bridgehead atoms. The van der Waals surface area contributed by atoms with E-state index >= 15 is 0 Å². The molecule has 0 saturated heterocycles. The van der Waals surface area contributed by atoms with E-state index in [-0.39, 0.29) is 5.56 Å². The minimum Gasteiger partial charge on any atom is -0.399 e. The van der Waals surface area contributed by atoms with E-state index < -0.39 is 11.7 Å². The number of alkyl halides is 3. The monoisotopic (exact) mass is 294 g/mol. The number of nitrogen functional groups attached to an aromatic ring is 1. The van der Waals surface area contributed by atoms with Gasteiger partial charge in [-0.1, -0.05) is 11.8 Å². The highest BCUT2D eigenvalue weighted by atomic mass is 32.2. The van der Waals surface area contributed by atoms with Gasteiger partial charge in [0, 0.05) is 15.5 Å². The van der Waals surface area contributed by atoms with Crippen LogP contribution >= 0.6 is 11.8 Å². The van der Waals surface area contributed by atoms with Crippen LogP contribution in [-0.2, 0) is 6.18 Å². The number of anilines is 1. The molecule has 0 radical (unpaired) electrons. The summed E-state index contributed by atoms with van der Waals surface area (Å²) in [4.78, 5) is 1.28. The second-order valence-electron chi connectivity index (χ2n) is 3.99. The van der Waals surface area contributed by atoms with Crippen molar-refractivity contribution in [2.75, 3.05) is 5.73 Å². The smallest absolute Gasteiger partial charge is 0.399 e. The normalized spacial score (nSPS) is 11.1. The SMILES string of the molecule is N#Cc1cc(C(F)(F)F)ccc1Sc1ccc(N)cc1. The Kier molecular flexibility index (Phi) is 3.91. The van der Waals surface area contributed by atoms with Crippen molar-refractivity contribution in [1.29, 1.82) is 5.26 Å². The number of halogens is 3. The van der Waals surface area contributed by atoms with Gasteiger partial charge in [-0.05, 0) is 42.5 Å². The fourth-order valence-electron chi connectivity index (χ4n) is 1.55. The van der Waals surface area contributed by atoms with E-state index in [9.17, 15) is 13.2 Å². The van der Waals surface area contributed by atoms with Gasteiger partial charge < -0.3 is 5.73 Å². The molecule has 2 rings (SSSR count). The van der Waals surface area contributed by atoms with Crippen LogP contribution in [0.4, 0.5) is 18.9 Å². The summed E-state index contributed by atoms with van der Waals surface area (Å²) in [5.41, 5.74) is 5.33. The fourth-order valence-corrected chi connectivity index (χ4v) is 2.42. The number of benzene rings is 2. The lowest BCUT2D eigenvalue weighted by Gasteiger charge is -2.09. The second-order valence-corrected chi connectivity index (χ2v) is 5.11. The zero-order valence-corrected chi connectivity index (χ0v) is 10.9. The molecular formula is C14H9F3N2S. The lowest BCUT2D eigenvalue weighted by Crippen LogP contribution is -2.05. The summed E-state index contributed by atoms with van der Waals surface area (Å²) in [6.07, 6.45) is -4.45. The maximum atomic E-state index is 12.6. The van der Waals surface area contributed by atoms with Gasteiger partial charge in [-0.3, -0.25) is 0 Å². The summed E-state index contributed by atoms with van der Waals surface area (Å²) in [6, 6.07) is 11.8. The number of rotatable bonds is 2. The van der Waals surface area contributed by atoms with Crippen molar-refractivity contribution < 1.29 is 13.2 Å². The van der Waals surface area contributed by atoms with Gasteiger partial charge in [0.25, 0.3) is 0 Å². The fraction of sp³-hybridized carbons (Fsp3) is 0.0714. The molecular weight excluding hydrogens is 285 g/mol. The van der Waals surface area contributed by atoms with Gasteiger partial charge in [-0.15, -0.1) is 0 Å². The summed E-state index contributed by atoms with van der Waals surface area (Å²) in [5.74, 6) is 0. The van der Waals surface area contributed by atoms with Crippen LogP contribution in [0.5, 0.6) is 0 Å². The van der Waals surface area contributed by atoms with Gasteiger partial charge >= 0.3 is 6.18 Å². The first kappa shape index (κ1) is 14.3. The summed E-state index contributed by atoms with van der Waals surface area (Å²) in [7, 11) is 0. The van der Waals surface area contributed by atoms with E-state index in [1.165, 1.54) is 17.8 Å². The average Bonchev–Trinajstić information content (AvgIpc) is 2.40. The lowest BCUT2D eigenvalue weighted by molar-refractivity contribution is -0.137.